The average molecular weight is 341 g/mol. The molecule has 0 atom stereocenters. The molecule has 0 aliphatic carbocycles. The highest BCUT2D eigenvalue weighted by Gasteiger charge is 2.15. The summed E-state index contributed by atoms with van der Waals surface area (Å²) in [6.45, 7) is 0.810. The fourth-order valence-electron chi connectivity index (χ4n) is 2.77. The van der Waals surface area contributed by atoms with Crippen LogP contribution >= 0.6 is 0 Å². The number of hydrogen-bond acceptors (Lipinski definition) is 5. The normalized spacial score (nSPS) is 10.8. The van der Waals surface area contributed by atoms with Crippen molar-refractivity contribution in [2.24, 2.45) is 5.73 Å². The predicted octanol–water partition coefficient (Wildman–Crippen LogP) is 2.26. The van der Waals surface area contributed by atoms with E-state index in [1.54, 1.807) is 38.5 Å². The van der Waals surface area contributed by atoms with Crippen LogP contribution in [-0.2, 0) is 13.1 Å². The van der Waals surface area contributed by atoms with Crippen molar-refractivity contribution in [1.82, 2.24) is 9.55 Å². The van der Waals surface area contributed by atoms with E-state index in [2.05, 4.69) is 4.98 Å². The quantitative estimate of drug-likeness (QED) is 0.713. The first kappa shape index (κ1) is 16.8. The van der Waals surface area contributed by atoms with E-state index >= 15 is 0 Å². The summed E-state index contributed by atoms with van der Waals surface area (Å²) < 4.78 is 12.7. The van der Waals surface area contributed by atoms with Crippen LogP contribution in [0.2, 0.25) is 0 Å². The highest BCUT2D eigenvalue weighted by Crippen LogP contribution is 2.32. The standard InChI is InChI=1S/C18H19N3O4/c1-24-15-7-13-14(8-16(15)25-2)21(17(9-19)20-13)10-11-3-5-12(6-4-11)18(22)23/h3-8H,9-10,19H2,1-2H3,(H,22,23). The van der Waals surface area contributed by atoms with E-state index < -0.39 is 5.97 Å². The molecule has 3 aromatic rings. The number of imidazole rings is 1. The van der Waals surface area contributed by atoms with Crippen molar-refractivity contribution in [2.45, 2.75) is 13.1 Å². The molecule has 1 aromatic heterocycles. The van der Waals surface area contributed by atoms with Crippen molar-refractivity contribution >= 4 is 17.0 Å². The molecule has 0 saturated carbocycles. The van der Waals surface area contributed by atoms with Crippen LogP contribution in [0.3, 0.4) is 0 Å². The number of rotatable bonds is 6. The average Bonchev–Trinajstić information content (AvgIpc) is 2.97. The predicted molar refractivity (Wildman–Crippen MR) is 93.2 cm³/mol. The largest absolute Gasteiger partial charge is 0.493 e. The van der Waals surface area contributed by atoms with Gasteiger partial charge in [-0.05, 0) is 17.7 Å². The molecule has 1 heterocycles. The van der Waals surface area contributed by atoms with Gasteiger partial charge in [-0.25, -0.2) is 9.78 Å². The van der Waals surface area contributed by atoms with Gasteiger partial charge in [0.2, 0.25) is 0 Å². The summed E-state index contributed by atoms with van der Waals surface area (Å²) in [6, 6.07) is 10.4. The fourth-order valence-corrected chi connectivity index (χ4v) is 2.77. The first-order chi connectivity index (χ1) is 12.1. The van der Waals surface area contributed by atoms with Crippen LogP contribution in [0.25, 0.3) is 11.0 Å². The minimum absolute atomic E-state index is 0.254. The molecule has 0 radical (unpaired) electrons. The van der Waals surface area contributed by atoms with E-state index in [0.717, 1.165) is 22.4 Å². The Hall–Kier alpha value is -3.06. The van der Waals surface area contributed by atoms with Crippen LogP contribution < -0.4 is 15.2 Å². The molecular weight excluding hydrogens is 322 g/mol. The van der Waals surface area contributed by atoms with Gasteiger partial charge in [-0.2, -0.15) is 0 Å². The number of hydrogen-bond donors (Lipinski definition) is 2. The van der Waals surface area contributed by atoms with Gasteiger partial charge in [0.25, 0.3) is 0 Å². The van der Waals surface area contributed by atoms with Crippen LogP contribution in [0.4, 0.5) is 0 Å². The van der Waals surface area contributed by atoms with Crippen molar-refractivity contribution in [3.8, 4) is 11.5 Å². The molecule has 0 aliphatic heterocycles. The molecule has 2 aromatic carbocycles. The number of aromatic carboxylic acids is 1. The second kappa shape index (κ2) is 6.82. The zero-order chi connectivity index (χ0) is 18.0. The lowest BCUT2D eigenvalue weighted by atomic mass is 10.1. The Balaban J connectivity index is 2.06. The summed E-state index contributed by atoms with van der Waals surface area (Å²) in [5.74, 6) is 1.00. The molecule has 130 valence electrons. The molecular formula is C18H19N3O4. The van der Waals surface area contributed by atoms with Gasteiger partial charge in [-0.3, -0.25) is 0 Å². The number of aromatic nitrogens is 2. The van der Waals surface area contributed by atoms with Crippen molar-refractivity contribution in [1.29, 1.82) is 0 Å². The minimum atomic E-state index is -0.945. The Morgan fingerprint density at radius 1 is 1.16 bits per heavy atom. The van der Waals surface area contributed by atoms with Gasteiger partial charge in [0.1, 0.15) is 5.82 Å². The fraction of sp³-hybridized carbons (Fsp3) is 0.222. The van der Waals surface area contributed by atoms with E-state index in [1.807, 2.05) is 16.7 Å². The summed E-state index contributed by atoms with van der Waals surface area (Å²) in [4.78, 5) is 15.5. The molecule has 7 nitrogen and oxygen atoms in total. The molecule has 3 N–H and O–H groups in total. The molecule has 0 fully saturated rings. The highest BCUT2D eigenvalue weighted by molar-refractivity contribution is 5.87. The maximum absolute atomic E-state index is 11.0. The zero-order valence-corrected chi connectivity index (χ0v) is 14.0. The number of benzene rings is 2. The second-order valence-corrected chi connectivity index (χ2v) is 5.52. The summed E-state index contributed by atoms with van der Waals surface area (Å²) in [7, 11) is 3.16. The van der Waals surface area contributed by atoms with Crippen molar-refractivity contribution < 1.29 is 19.4 Å². The van der Waals surface area contributed by atoms with Gasteiger partial charge in [0, 0.05) is 18.7 Å². The van der Waals surface area contributed by atoms with Crippen LogP contribution in [0.15, 0.2) is 36.4 Å². The number of carboxylic acids is 1. The number of methoxy groups -OCH3 is 2. The Morgan fingerprint density at radius 2 is 1.80 bits per heavy atom. The molecule has 0 amide bonds. The summed E-state index contributed by atoms with van der Waals surface area (Å²) in [5.41, 5.74) is 8.70. The van der Waals surface area contributed by atoms with Gasteiger partial charge in [-0.1, -0.05) is 12.1 Å². The van der Waals surface area contributed by atoms with Gasteiger partial charge in [0.15, 0.2) is 11.5 Å². The number of nitrogens with two attached hydrogens (primary N) is 1. The lowest BCUT2D eigenvalue weighted by molar-refractivity contribution is 0.0697. The van der Waals surface area contributed by atoms with Gasteiger partial charge >= 0.3 is 5.97 Å². The topological polar surface area (TPSA) is 99.6 Å². The molecule has 3 rings (SSSR count). The van der Waals surface area contributed by atoms with Crippen LogP contribution in [-0.4, -0.2) is 34.8 Å². The van der Waals surface area contributed by atoms with Crippen molar-refractivity contribution in [3.63, 3.8) is 0 Å². The minimum Gasteiger partial charge on any atom is -0.493 e. The first-order valence-electron chi connectivity index (χ1n) is 7.70. The molecule has 0 unspecified atom stereocenters. The monoisotopic (exact) mass is 341 g/mol. The summed E-state index contributed by atoms with van der Waals surface area (Å²) in [5, 5.41) is 9.01. The SMILES string of the molecule is COc1cc2nc(CN)n(Cc3ccc(C(=O)O)cc3)c2cc1OC. The van der Waals surface area contributed by atoms with Crippen LogP contribution in [0, 0.1) is 0 Å². The highest BCUT2D eigenvalue weighted by atomic mass is 16.5. The van der Waals surface area contributed by atoms with E-state index in [1.165, 1.54) is 0 Å². The third-order valence-corrected chi connectivity index (χ3v) is 4.06. The van der Waals surface area contributed by atoms with Gasteiger partial charge < -0.3 is 24.9 Å². The van der Waals surface area contributed by atoms with E-state index in [4.69, 9.17) is 20.3 Å². The molecule has 0 bridgehead atoms. The van der Waals surface area contributed by atoms with E-state index in [-0.39, 0.29) is 12.1 Å². The maximum Gasteiger partial charge on any atom is 0.335 e. The lowest BCUT2D eigenvalue weighted by Crippen LogP contribution is -2.09. The van der Waals surface area contributed by atoms with Gasteiger partial charge in [0.05, 0.1) is 37.4 Å². The van der Waals surface area contributed by atoms with E-state index in [0.29, 0.717) is 18.0 Å². The number of nitrogens with zero attached hydrogens (tertiary/aromatic N) is 2. The summed E-state index contributed by atoms with van der Waals surface area (Å²) in [6.07, 6.45) is 0. The van der Waals surface area contributed by atoms with Gasteiger partial charge in [-0.15, -0.1) is 0 Å². The number of carboxylic acid groups (broad SMARTS) is 1. The number of fused-ring (bicyclic) bond motifs is 1. The Labute approximate surface area is 144 Å². The Bertz CT molecular complexity index is 916. The van der Waals surface area contributed by atoms with Crippen molar-refractivity contribution in [3.05, 3.63) is 53.3 Å². The molecule has 7 heteroatoms. The Morgan fingerprint density at radius 3 is 2.36 bits per heavy atom. The Kier molecular flexibility index (Phi) is 4.58. The molecule has 0 aliphatic rings. The first-order valence-corrected chi connectivity index (χ1v) is 7.70. The maximum atomic E-state index is 11.0. The van der Waals surface area contributed by atoms with Crippen molar-refractivity contribution in [2.75, 3.05) is 14.2 Å². The zero-order valence-electron chi connectivity index (χ0n) is 14.0. The molecule has 0 saturated heterocycles. The number of ether oxygens (including phenoxy) is 2. The van der Waals surface area contributed by atoms with Crippen LogP contribution in [0.5, 0.6) is 11.5 Å². The van der Waals surface area contributed by atoms with Crippen LogP contribution in [0.1, 0.15) is 21.7 Å². The molecule has 25 heavy (non-hydrogen) atoms. The molecule has 0 spiro atoms. The number of carbonyl (C=O) groups is 1. The lowest BCUT2D eigenvalue weighted by Gasteiger charge is -2.11. The third-order valence-electron chi connectivity index (χ3n) is 4.06. The van der Waals surface area contributed by atoms with E-state index in [9.17, 15) is 4.79 Å². The summed E-state index contributed by atoms with van der Waals surface area (Å²) >= 11 is 0. The second-order valence-electron chi connectivity index (χ2n) is 5.52. The smallest absolute Gasteiger partial charge is 0.335 e. The third kappa shape index (κ3) is 3.14.